The molecule has 8 atom stereocenters. The molecule has 3 fully saturated rings. The first kappa shape index (κ1) is 21.9. The molecule has 0 spiro atoms. The minimum atomic E-state index is -0.0773. The predicted octanol–water partition coefficient (Wildman–Crippen LogP) is 7.78. The summed E-state index contributed by atoms with van der Waals surface area (Å²) >= 11 is 0. The number of aliphatic hydroxyl groups is 1. The molecular weight excluding hydrogens is 352 g/mol. The Morgan fingerprint density at radius 1 is 1.00 bits per heavy atom. The van der Waals surface area contributed by atoms with E-state index in [0.717, 1.165) is 48.3 Å². The molecule has 1 heteroatoms. The van der Waals surface area contributed by atoms with Crippen LogP contribution in [0.25, 0.3) is 0 Å². The maximum Gasteiger partial charge on any atom is 0.0577 e. The van der Waals surface area contributed by atoms with Crippen LogP contribution in [0.4, 0.5) is 0 Å². The summed E-state index contributed by atoms with van der Waals surface area (Å²) in [5.74, 6) is 5.54. The molecule has 0 unspecified atom stereocenters. The number of allylic oxidation sites excluding steroid dienone is 1. The van der Waals surface area contributed by atoms with Crippen LogP contribution in [0.5, 0.6) is 0 Å². The Bertz CT molecular complexity index is 603. The Balaban J connectivity index is 1.48. The maximum atomic E-state index is 10.2. The van der Waals surface area contributed by atoms with Gasteiger partial charge >= 0.3 is 0 Å². The van der Waals surface area contributed by atoms with E-state index < -0.39 is 0 Å². The third-order valence-corrected chi connectivity index (χ3v) is 11.0. The van der Waals surface area contributed by atoms with Gasteiger partial charge in [0.05, 0.1) is 6.10 Å². The van der Waals surface area contributed by atoms with E-state index in [0.29, 0.717) is 10.8 Å². The van der Waals surface area contributed by atoms with Crippen molar-refractivity contribution in [3.05, 3.63) is 11.6 Å². The molecule has 0 bridgehead atoms. The highest BCUT2D eigenvalue weighted by atomic mass is 16.3. The lowest BCUT2D eigenvalue weighted by molar-refractivity contribution is -0.0574. The van der Waals surface area contributed by atoms with Crippen molar-refractivity contribution in [2.24, 2.45) is 46.3 Å². The fourth-order valence-corrected chi connectivity index (χ4v) is 9.01. The zero-order valence-corrected chi connectivity index (χ0v) is 20.1. The van der Waals surface area contributed by atoms with Gasteiger partial charge in [0, 0.05) is 0 Å². The van der Waals surface area contributed by atoms with Crippen molar-refractivity contribution in [1.29, 1.82) is 0 Å². The molecule has 0 aromatic carbocycles. The molecule has 1 nitrogen and oxygen atoms in total. The molecule has 0 aliphatic heterocycles. The molecule has 1 N–H and O–H groups in total. The summed E-state index contributed by atoms with van der Waals surface area (Å²) in [5.41, 5.74) is 2.60. The van der Waals surface area contributed by atoms with Crippen molar-refractivity contribution in [1.82, 2.24) is 0 Å². The summed E-state index contributed by atoms with van der Waals surface area (Å²) in [6.45, 7) is 12.6. The molecule has 0 radical (unpaired) electrons. The molecule has 29 heavy (non-hydrogen) atoms. The Morgan fingerprint density at radius 3 is 2.48 bits per heavy atom. The average molecular weight is 401 g/mol. The molecule has 0 amide bonds. The van der Waals surface area contributed by atoms with E-state index in [1.54, 1.807) is 5.57 Å². The van der Waals surface area contributed by atoms with Crippen LogP contribution in [0, 0.1) is 46.3 Å². The van der Waals surface area contributed by atoms with Gasteiger partial charge in [-0.25, -0.2) is 0 Å². The topological polar surface area (TPSA) is 20.2 Å². The minimum Gasteiger partial charge on any atom is -0.393 e. The molecule has 0 aromatic rings. The number of hydrogen-bond donors (Lipinski definition) is 1. The van der Waals surface area contributed by atoms with Gasteiger partial charge in [-0.1, -0.05) is 72.0 Å². The molecule has 4 aliphatic rings. The number of fused-ring (bicyclic) bond motifs is 5. The highest BCUT2D eigenvalue weighted by Crippen LogP contribution is 2.67. The van der Waals surface area contributed by atoms with Crippen molar-refractivity contribution < 1.29 is 5.11 Å². The maximum absolute atomic E-state index is 10.2. The van der Waals surface area contributed by atoms with Crippen LogP contribution < -0.4 is 0 Å². The van der Waals surface area contributed by atoms with E-state index in [1.807, 2.05) is 0 Å². The lowest BCUT2D eigenvalue weighted by Gasteiger charge is -2.58. The van der Waals surface area contributed by atoms with Crippen LogP contribution in [0.1, 0.15) is 112 Å². The normalized spacial score (nSPS) is 45.3. The summed E-state index contributed by atoms with van der Waals surface area (Å²) < 4.78 is 0. The fourth-order valence-electron chi connectivity index (χ4n) is 9.01. The number of hydrogen-bond acceptors (Lipinski definition) is 1. The second kappa shape index (κ2) is 8.33. The highest BCUT2D eigenvalue weighted by Gasteiger charge is 2.59. The van der Waals surface area contributed by atoms with Crippen molar-refractivity contribution in [3.8, 4) is 0 Å². The SMILES string of the molecule is CCC(CC)CC[C@@H](C)[C@H]1CC[C@H]2[C@@H]3CC=C4C[C@@H](O)CC[C@]4(C)[C@H]3CC[C@]12C. The summed E-state index contributed by atoms with van der Waals surface area (Å²) in [6, 6.07) is 0. The largest absolute Gasteiger partial charge is 0.393 e. The van der Waals surface area contributed by atoms with Crippen molar-refractivity contribution in [2.75, 3.05) is 0 Å². The van der Waals surface area contributed by atoms with Crippen LogP contribution in [-0.2, 0) is 0 Å². The molecule has 0 heterocycles. The van der Waals surface area contributed by atoms with Gasteiger partial charge in [0.15, 0.2) is 0 Å². The molecule has 3 saturated carbocycles. The highest BCUT2D eigenvalue weighted by molar-refractivity contribution is 5.25. The van der Waals surface area contributed by atoms with Crippen LogP contribution in [0.2, 0.25) is 0 Å². The predicted molar refractivity (Wildman–Crippen MR) is 124 cm³/mol. The Hall–Kier alpha value is -0.300. The molecule has 0 aromatic heterocycles. The Morgan fingerprint density at radius 2 is 1.76 bits per heavy atom. The van der Waals surface area contributed by atoms with Crippen molar-refractivity contribution in [3.63, 3.8) is 0 Å². The second-order valence-electron chi connectivity index (χ2n) is 12.1. The summed E-state index contributed by atoms with van der Waals surface area (Å²) in [5, 5.41) is 10.2. The average Bonchev–Trinajstić information content (AvgIpc) is 3.06. The smallest absolute Gasteiger partial charge is 0.0577 e. The first-order valence-corrected chi connectivity index (χ1v) is 13.2. The van der Waals surface area contributed by atoms with Crippen molar-refractivity contribution in [2.45, 2.75) is 118 Å². The number of rotatable bonds is 6. The van der Waals surface area contributed by atoms with E-state index in [9.17, 15) is 5.11 Å². The minimum absolute atomic E-state index is 0.0773. The van der Waals surface area contributed by atoms with Crippen LogP contribution >= 0.6 is 0 Å². The van der Waals surface area contributed by atoms with Gasteiger partial charge in [-0.15, -0.1) is 0 Å². The first-order chi connectivity index (χ1) is 13.8. The molecule has 0 saturated heterocycles. The second-order valence-corrected chi connectivity index (χ2v) is 12.1. The fraction of sp³-hybridized carbons (Fsp3) is 0.929. The van der Waals surface area contributed by atoms with E-state index in [2.05, 4.69) is 40.7 Å². The van der Waals surface area contributed by atoms with Crippen molar-refractivity contribution >= 4 is 0 Å². The standard InChI is InChI=1S/C28H48O/c1-6-20(7-2)9-8-19(3)24-12-13-25-23-11-10-21-18-22(29)14-16-27(21,4)26(23)15-17-28(24,25)5/h10,19-20,22-26,29H,6-9,11-18H2,1-5H3/t19-,22+,23+,24-,25+,26+,27+,28-/m1/s1. The zero-order chi connectivity index (χ0) is 20.8. The lowest BCUT2D eigenvalue weighted by atomic mass is 9.47. The van der Waals surface area contributed by atoms with Gasteiger partial charge in [0.1, 0.15) is 0 Å². The zero-order valence-electron chi connectivity index (χ0n) is 20.1. The molecule has 166 valence electrons. The van der Waals surface area contributed by atoms with E-state index in [-0.39, 0.29) is 6.10 Å². The molecule has 4 aliphatic carbocycles. The van der Waals surface area contributed by atoms with Gasteiger partial charge < -0.3 is 5.11 Å². The van der Waals surface area contributed by atoms with Gasteiger partial charge in [-0.2, -0.15) is 0 Å². The van der Waals surface area contributed by atoms with Crippen LogP contribution in [0.3, 0.4) is 0 Å². The van der Waals surface area contributed by atoms with Gasteiger partial charge in [0.25, 0.3) is 0 Å². The summed E-state index contributed by atoms with van der Waals surface area (Å²) in [7, 11) is 0. The van der Waals surface area contributed by atoms with Crippen LogP contribution in [0.15, 0.2) is 11.6 Å². The van der Waals surface area contributed by atoms with E-state index in [1.165, 1.54) is 64.2 Å². The first-order valence-electron chi connectivity index (χ1n) is 13.2. The molecule has 4 rings (SSSR count). The number of aliphatic hydroxyl groups excluding tert-OH is 1. The van der Waals surface area contributed by atoms with Gasteiger partial charge in [-0.05, 0) is 97.7 Å². The van der Waals surface area contributed by atoms with E-state index in [4.69, 9.17) is 0 Å². The molecular formula is C28H48O. The lowest BCUT2D eigenvalue weighted by Crippen LogP contribution is -2.50. The third-order valence-electron chi connectivity index (χ3n) is 11.0. The quantitative estimate of drug-likeness (QED) is 0.451. The van der Waals surface area contributed by atoms with Gasteiger partial charge in [-0.3, -0.25) is 0 Å². The summed E-state index contributed by atoms with van der Waals surface area (Å²) in [4.78, 5) is 0. The monoisotopic (exact) mass is 400 g/mol. The Kier molecular flexibility index (Phi) is 6.29. The van der Waals surface area contributed by atoms with Gasteiger partial charge in [0.2, 0.25) is 0 Å². The summed E-state index contributed by atoms with van der Waals surface area (Å²) in [6.07, 6.45) is 18.5. The van der Waals surface area contributed by atoms with Crippen LogP contribution in [-0.4, -0.2) is 11.2 Å². The Labute approximate surface area is 181 Å². The third kappa shape index (κ3) is 3.66. The van der Waals surface area contributed by atoms with E-state index >= 15 is 0 Å².